The van der Waals surface area contributed by atoms with Crippen LogP contribution in [0.4, 0.5) is 4.79 Å². The van der Waals surface area contributed by atoms with E-state index in [0.717, 1.165) is 22.9 Å². The summed E-state index contributed by atoms with van der Waals surface area (Å²) in [6, 6.07) is 7.11. The Hall–Kier alpha value is -2.55. The fourth-order valence-corrected chi connectivity index (χ4v) is 2.86. The van der Waals surface area contributed by atoms with Gasteiger partial charge in [0.25, 0.3) is 0 Å². The number of nitrogens with two attached hydrogens (primary N) is 1. The van der Waals surface area contributed by atoms with E-state index in [1.54, 1.807) is 6.92 Å². The molecule has 0 bridgehead atoms. The fourth-order valence-electron chi connectivity index (χ4n) is 2.09. The van der Waals surface area contributed by atoms with Gasteiger partial charge in [-0.05, 0) is 33.3 Å². The van der Waals surface area contributed by atoms with Crippen LogP contribution in [-0.4, -0.2) is 38.1 Å². The summed E-state index contributed by atoms with van der Waals surface area (Å²) < 4.78 is 1.35. The van der Waals surface area contributed by atoms with Crippen LogP contribution in [-0.2, 0) is 4.79 Å². The summed E-state index contributed by atoms with van der Waals surface area (Å²) in [5, 5.41) is 12.9. The van der Waals surface area contributed by atoms with E-state index in [1.165, 1.54) is 4.68 Å². The van der Waals surface area contributed by atoms with E-state index < -0.39 is 17.2 Å². The molecule has 0 unspecified atom stereocenters. The van der Waals surface area contributed by atoms with Crippen molar-refractivity contribution >= 4 is 23.7 Å². The van der Waals surface area contributed by atoms with Gasteiger partial charge in [0.05, 0.1) is 5.25 Å². The summed E-state index contributed by atoms with van der Waals surface area (Å²) >= 11 is 1.13. The highest BCUT2D eigenvalue weighted by Crippen LogP contribution is 2.26. The molecule has 0 fully saturated rings. The number of aryl methyl sites for hydroxylation is 1. The lowest BCUT2D eigenvalue weighted by Gasteiger charge is -2.13. The van der Waals surface area contributed by atoms with E-state index in [1.807, 2.05) is 45.0 Å². The molecule has 2 aromatic rings. The number of aromatic nitrogens is 3. The maximum Gasteiger partial charge on any atom is 0.321 e. The Labute approximate surface area is 150 Å². The number of hydrogen-bond donors (Lipinski definition) is 3. The molecular weight excluding hydrogens is 340 g/mol. The molecule has 0 aliphatic carbocycles. The Morgan fingerprint density at radius 3 is 2.52 bits per heavy atom. The zero-order valence-corrected chi connectivity index (χ0v) is 15.4. The van der Waals surface area contributed by atoms with Crippen LogP contribution in [0, 0.1) is 6.92 Å². The highest BCUT2D eigenvalue weighted by Gasteiger charge is 2.21. The highest BCUT2D eigenvalue weighted by molar-refractivity contribution is 8.00. The minimum Gasteiger partial charge on any atom is -0.336 e. The molecule has 2 rings (SSSR count). The molecule has 1 atom stereocenters. The van der Waals surface area contributed by atoms with Crippen molar-refractivity contribution in [3.63, 3.8) is 0 Å². The lowest BCUT2D eigenvalue weighted by atomic mass is 10.1. The lowest BCUT2D eigenvalue weighted by molar-refractivity contribution is -0.119. The first-order valence-electron chi connectivity index (χ1n) is 7.84. The van der Waals surface area contributed by atoms with Crippen LogP contribution in [0.1, 0.15) is 26.3 Å². The molecule has 1 aromatic heterocycles. The number of nitrogens with one attached hydrogen (secondary N) is 2. The molecule has 8 nitrogen and oxygen atoms in total. The number of hydrogen-bond acceptors (Lipinski definition) is 6. The smallest absolute Gasteiger partial charge is 0.321 e. The largest absolute Gasteiger partial charge is 0.336 e. The second-order valence-electron chi connectivity index (χ2n) is 5.87. The highest BCUT2D eigenvalue weighted by atomic mass is 32.2. The number of rotatable bonds is 5. The topological polar surface area (TPSA) is 115 Å². The van der Waals surface area contributed by atoms with Crippen molar-refractivity contribution in [1.82, 2.24) is 25.5 Å². The minimum atomic E-state index is -0.561. The predicted octanol–water partition coefficient (Wildman–Crippen LogP) is 1.68. The van der Waals surface area contributed by atoms with Gasteiger partial charge in [-0.15, -0.1) is 10.2 Å². The second kappa shape index (κ2) is 8.02. The molecule has 0 spiro atoms. The minimum absolute atomic E-state index is 0.0560. The van der Waals surface area contributed by atoms with Crippen LogP contribution in [0.2, 0.25) is 0 Å². The predicted molar refractivity (Wildman–Crippen MR) is 97.5 cm³/mol. The zero-order valence-electron chi connectivity index (χ0n) is 14.6. The van der Waals surface area contributed by atoms with Gasteiger partial charge in [-0.2, -0.15) is 0 Å². The van der Waals surface area contributed by atoms with Gasteiger partial charge in [-0.1, -0.05) is 36.0 Å². The van der Waals surface area contributed by atoms with Crippen LogP contribution in [0.25, 0.3) is 11.4 Å². The standard InChI is InChI=1S/C16H22N6O2S/c1-9(2)18-15(24)19-14(23)11(4)25-16-21-20-13(22(16)17)12-8-6-5-7-10(12)3/h5-9,11H,17H2,1-4H3,(H2,18,19,23,24)/t11-/m0/s1. The van der Waals surface area contributed by atoms with E-state index in [4.69, 9.17) is 5.84 Å². The van der Waals surface area contributed by atoms with E-state index in [9.17, 15) is 9.59 Å². The van der Waals surface area contributed by atoms with Gasteiger partial charge in [0.2, 0.25) is 11.1 Å². The van der Waals surface area contributed by atoms with Crippen LogP contribution in [0.15, 0.2) is 29.4 Å². The van der Waals surface area contributed by atoms with Crippen molar-refractivity contribution in [3.8, 4) is 11.4 Å². The number of imide groups is 1. The summed E-state index contributed by atoms with van der Waals surface area (Å²) in [5.74, 6) is 6.17. The third-order valence-corrected chi connectivity index (χ3v) is 4.42. The van der Waals surface area contributed by atoms with Crippen LogP contribution < -0.4 is 16.5 Å². The van der Waals surface area contributed by atoms with Crippen molar-refractivity contribution < 1.29 is 9.59 Å². The van der Waals surface area contributed by atoms with Gasteiger partial charge in [0.15, 0.2) is 5.82 Å². The van der Waals surface area contributed by atoms with E-state index in [2.05, 4.69) is 20.8 Å². The molecule has 1 heterocycles. The Kier molecular flexibility index (Phi) is 6.02. The van der Waals surface area contributed by atoms with E-state index in [0.29, 0.717) is 11.0 Å². The number of carbonyl (C=O) groups is 2. The number of carbonyl (C=O) groups excluding carboxylic acids is 2. The summed E-state index contributed by atoms with van der Waals surface area (Å²) in [7, 11) is 0. The number of nitrogen functional groups attached to an aromatic ring is 1. The van der Waals surface area contributed by atoms with Crippen molar-refractivity contribution in [2.75, 3.05) is 5.84 Å². The van der Waals surface area contributed by atoms with Gasteiger partial charge in [-0.3, -0.25) is 10.1 Å². The average Bonchev–Trinajstić information content (AvgIpc) is 2.88. The molecule has 134 valence electrons. The normalized spacial score (nSPS) is 12.0. The van der Waals surface area contributed by atoms with E-state index in [-0.39, 0.29) is 6.04 Å². The Balaban J connectivity index is 2.07. The van der Waals surface area contributed by atoms with Gasteiger partial charge >= 0.3 is 6.03 Å². The lowest BCUT2D eigenvalue weighted by Crippen LogP contribution is -2.45. The first-order chi connectivity index (χ1) is 11.8. The maximum absolute atomic E-state index is 12.1. The van der Waals surface area contributed by atoms with Gasteiger partial charge in [0.1, 0.15) is 0 Å². The number of urea groups is 1. The molecular formula is C16H22N6O2S. The molecule has 0 radical (unpaired) electrons. The van der Waals surface area contributed by atoms with Crippen LogP contribution >= 0.6 is 11.8 Å². The Morgan fingerprint density at radius 1 is 1.20 bits per heavy atom. The zero-order chi connectivity index (χ0) is 18.6. The first kappa shape index (κ1) is 18.8. The van der Waals surface area contributed by atoms with Gasteiger partial charge in [-0.25, -0.2) is 9.47 Å². The molecule has 4 N–H and O–H groups in total. The van der Waals surface area contributed by atoms with Crippen molar-refractivity contribution in [1.29, 1.82) is 0 Å². The fraction of sp³-hybridized carbons (Fsp3) is 0.375. The number of benzene rings is 1. The summed E-state index contributed by atoms with van der Waals surface area (Å²) in [4.78, 5) is 23.7. The molecule has 25 heavy (non-hydrogen) atoms. The Morgan fingerprint density at radius 2 is 1.88 bits per heavy atom. The molecule has 3 amide bonds. The molecule has 0 aliphatic rings. The van der Waals surface area contributed by atoms with Crippen molar-refractivity contribution in [2.45, 2.75) is 44.1 Å². The number of thioether (sulfide) groups is 1. The summed E-state index contributed by atoms with van der Waals surface area (Å²) in [6.07, 6.45) is 0. The quantitative estimate of drug-likeness (QED) is 0.551. The SMILES string of the molecule is Cc1ccccc1-c1nnc(S[C@@H](C)C(=O)NC(=O)NC(C)C)n1N. The Bertz CT molecular complexity index is 774. The summed E-state index contributed by atoms with van der Waals surface area (Å²) in [6.45, 7) is 7.25. The van der Waals surface area contributed by atoms with Crippen molar-refractivity contribution in [3.05, 3.63) is 29.8 Å². The second-order valence-corrected chi connectivity index (χ2v) is 7.18. The third kappa shape index (κ3) is 4.72. The molecule has 0 aliphatic heterocycles. The summed E-state index contributed by atoms with van der Waals surface area (Å²) in [5.41, 5.74) is 1.90. The number of amides is 3. The van der Waals surface area contributed by atoms with E-state index >= 15 is 0 Å². The molecule has 0 saturated heterocycles. The molecule has 1 aromatic carbocycles. The average molecular weight is 362 g/mol. The first-order valence-corrected chi connectivity index (χ1v) is 8.72. The van der Waals surface area contributed by atoms with Crippen LogP contribution in [0.5, 0.6) is 0 Å². The molecule has 9 heteroatoms. The van der Waals surface area contributed by atoms with Crippen molar-refractivity contribution in [2.24, 2.45) is 0 Å². The third-order valence-electron chi connectivity index (χ3n) is 3.36. The van der Waals surface area contributed by atoms with Gasteiger partial charge < -0.3 is 11.2 Å². The van der Waals surface area contributed by atoms with Gasteiger partial charge in [0, 0.05) is 11.6 Å². The number of nitrogens with zero attached hydrogens (tertiary/aromatic N) is 3. The molecule has 0 saturated carbocycles. The monoisotopic (exact) mass is 362 g/mol. The van der Waals surface area contributed by atoms with Crippen LogP contribution in [0.3, 0.4) is 0 Å². The maximum atomic E-state index is 12.1.